The molecule has 0 radical (unpaired) electrons. The molecule has 186 valence electrons. The van der Waals surface area contributed by atoms with Crippen molar-refractivity contribution < 1.29 is 28.4 Å². The smallest absolute Gasteiger partial charge is 0.331 e. The molecule has 0 bridgehead atoms. The van der Waals surface area contributed by atoms with Crippen LogP contribution in [0.4, 0.5) is 0 Å². The van der Waals surface area contributed by atoms with Gasteiger partial charge in [0.05, 0.1) is 21.3 Å². The van der Waals surface area contributed by atoms with Crippen LogP contribution in [0.25, 0.3) is 0 Å². The zero-order chi connectivity index (χ0) is 25.7. The van der Waals surface area contributed by atoms with Crippen molar-refractivity contribution in [1.82, 2.24) is 15.0 Å². The van der Waals surface area contributed by atoms with E-state index in [4.69, 9.17) is 28.4 Å². The number of ether oxygens (including phenoxy) is 6. The summed E-state index contributed by atoms with van der Waals surface area (Å²) in [5.41, 5.74) is 3.04. The second-order valence-electron chi connectivity index (χ2n) is 7.95. The van der Waals surface area contributed by atoms with Gasteiger partial charge in [-0.15, -0.1) is 15.0 Å². The first-order valence-electron chi connectivity index (χ1n) is 11.1. The number of aryl methyl sites for hydroxylation is 3. The quantitative estimate of drug-likeness (QED) is 0.272. The van der Waals surface area contributed by atoms with Gasteiger partial charge in [-0.25, -0.2) is 0 Å². The van der Waals surface area contributed by atoms with E-state index in [9.17, 15) is 0 Å². The minimum absolute atomic E-state index is 0.0469. The number of hydrogen-bond donors (Lipinski definition) is 0. The molecule has 0 saturated carbocycles. The summed E-state index contributed by atoms with van der Waals surface area (Å²) in [7, 11) is 4.68. The maximum atomic E-state index is 5.95. The normalized spacial score (nSPS) is 10.5. The number of benzene rings is 3. The van der Waals surface area contributed by atoms with Crippen molar-refractivity contribution >= 4 is 0 Å². The van der Waals surface area contributed by atoms with Gasteiger partial charge in [0.25, 0.3) is 0 Å². The Balaban J connectivity index is 1.74. The molecule has 0 amide bonds. The van der Waals surface area contributed by atoms with E-state index < -0.39 is 0 Å². The molecule has 36 heavy (non-hydrogen) atoms. The highest BCUT2D eigenvalue weighted by atomic mass is 16.6. The molecular weight excluding hydrogens is 462 g/mol. The molecule has 0 spiro atoms. The summed E-state index contributed by atoms with van der Waals surface area (Å²) >= 11 is 0. The average molecular weight is 490 g/mol. The summed E-state index contributed by atoms with van der Waals surface area (Å²) in [5, 5.41) is 0. The summed E-state index contributed by atoms with van der Waals surface area (Å²) in [6, 6.07) is 16.4. The summed E-state index contributed by atoms with van der Waals surface area (Å²) in [6.45, 7) is 5.87. The van der Waals surface area contributed by atoms with Crippen molar-refractivity contribution in [3.8, 4) is 52.5 Å². The Bertz CT molecular complexity index is 1200. The first-order chi connectivity index (χ1) is 17.4. The Morgan fingerprint density at radius 1 is 0.417 bits per heavy atom. The molecule has 4 aromatic rings. The molecule has 0 fully saturated rings. The van der Waals surface area contributed by atoms with Crippen LogP contribution >= 0.6 is 0 Å². The highest BCUT2D eigenvalue weighted by molar-refractivity contribution is 5.46. The van der Waals surface area contributed by atoms with Crippen molar-refractivity contribution in [3.63, 3.8) is 0 Å². The van der Waals surface area contributed by atoms with Crippen LogP contribution in [0.1, 0.15) is 16.7 Å². The van der Waals surface area contributed by atoms with Crippen LogP contribution in [-0.4, -0.2) is 36.3 Å². The van der Waals surface area contributed by atoms with Crippen molar-refractivity contribution in [1.29, 1.82) is 0 Å². The zero-order valence-corrected chi connectivity index (χ0v) is 21.0. The second kappa shape index (κ2) is 10.8. The Morgan fingerprint density at radius 2 is 0.694 bits per heavy atom. The average Bonchev–Trinajstić information content (AvgIpc) is 2.87. The van der Waals surface area contributed by atoms with Gasteiger partial charge in [-0.2, -0.15) is 0 Å². The van der Waals surface area contributed by atoms with E-state index in [-0.39, 0.29) is 18.0 Å². The van der Waals surface area contributed by atoms with Gasteiger partial charge in [-0.05, 0) is 73.9 Å². The molecule has 9 heteroatoms. The van der Waals surface area contributed by atoms with Gasteiger partial charge in [-0.1, -0.05) is 18.2 Å². The fourth-order valence-electron chi connectivity index (χ4n) is 3.33. The summed E-state index contributed by atoms with van der Waals surface area (Å²) in [5.74, 6) is 2.85. The third kappa shape index (κ3) is 5.75. The van der Waals surface area contributed by atoms with Crippen molar-refractivity contribution in [2.45, 2.75) is 20.8 Å². The van der Waals surface area contributed by atoms with Gasteiger partial charge in [0, 0.05) is 0 Å². The highest BCUT2D eigenvalue weighted by Crippen LogP contribution is 2.36. The zero-order valence-electron chi connectivity index (χ0n) is 21.0. The highest BCUT2D eigenvalue weighted by Gasteiger charge is 2.17. The lowest BCUT2D eigenvalue weighted by molar-refractivity contribution is 0.327. The predicted octanol–water partition coefficient (Wildman–Crippen LogP) is 6.20. The second-order valence-corrected chi connectivity index (χ2v) is 7.95. The molecule has 4 rings (SSSR count). The molecule has 1 aromatic heterocycles. The van der Waals surface area contributed by atoms with Crippen LogP contribution in [-0.2, 0) is 0 Å². The number of rotatable bonds is 9. The molecule has 3 aromatic carbocycles. The van der Waals surface area contributed by atoms with E-state index in [1.54, 1.807) is 39.5 Å². The molecule has 9 nitrogen and oxygen atoms in total. The molecule has 0 unspecified atom stereocenters. The summed E-state index contributed by atoms with van der Waals surface area (Å²) < 4.78 is 34.2. The van der Waals surface area contributed by atoms with Gasteiger partial charge in [0.2, 0.25) is 0 Å². The SMILES string of the molecule is COc1cc(C)ccc1Oc1nc(Oc2ccc(C)cc2OC)nc(Oc2ccc(C)cc2OC)n1. The van der Waals surface area contributed by atoms with Crippen LogP contribution in [0.5, 0.6) is 52.5 Å². The van der Waals surface area contributed by atoms with E-state index in [0.717, 1.165) is 16.7 Å². The van der Waals surface area contributed by atoms with Gasteiger partial charge < -0.3 is 28.4 Å². The lowest BCUT2D eigenvalue weighted by Gasteiger charge is -2.14. The standard InChI is InChI=1S/C27H27N3O6/c1-16-7-10-19(22(13-16)31-4)34-25-28-26(35-20-11-8-17(2)14-23(20)32-5)30-27(29-25)36-21-12-9-18(3)15-24(21)33-6/h7-15H,1-6H3. The summed E-state index contributed by atoms with van der Waals surface area (Å²) in [4.78, 5) is 13.0. The molecule has 0 aliphatic heterocycles. The minimum atomic E-state index is -0.0469. The van der Waals surface area contributed by atoms with E-state index >= 15 is 0 Å². The van der Waals surface area contributed by atoms with Crippen LogP contribution in [0.3, 0.4) is 0 Å². The van der Waals surface area contributed by atoms with E-state index in [2.05, 4.69) is 15.0 Å². The molecule has 0 atom stereocenters. The van der Waals surface area contributed by atoms with Crippen LogP contribution < -0.4 is 28.4 Å². The maximum absolute atomic E-state index is 5.95. The number of nitrogens with zero attached hydrogens (tertiary/aromatic N) is 3. The van der Waals surface area contributed by atoms with Crippen LogP contribution in [0.2, 0.25) is 0 Å². The fraction of sp³-hybridized carbons (Fsp3) is 0.222. The molecular formula is C27H27N3O6. The van der Waals surface area contributed by atoms with Gasteiger partial charge in [-0.3, -0.25) is 0 Å². The topological polar surface area (TPSA) is 94.1 Å². The maximum Gasteiger partial charge on any atom is 0.331 e. The first kappa shape index (κ1) is 24.6. The van der Waals surface area contributed by atoms with E-state index in [1.165, 1.54) is 0 Å². The molecule has 1 heterocycles. The molecule has 0 aliphatic rings. The van der Waals surface area contributed by atoms with E-state index in [1.807, 2.05) is 57.2 Å². The molecule has 0 aliphatic carbocycles. The minimum Gasteiger partial charge on any atom is -0.493 e. The van der Waals surface area contributed by atoms with Crippen LogP contribution in [0, 0.1) is 20.8 Å². The van der Waals surface area contributed by atoms with Crippen molar-refractivity contribution in [2.75, 3.05) is 21.3 Å². The van der Waals surface area contributed by atoms with Gasteiger partial charge >= 0.3 is 18.0 Å². The largest absolute Gasteiger partial charge is 0.493 e. The molecule has 0 N–H and O–H groups in total. The lowest BCUT2D eigenvalue weighted by Crippen LogP contribution is -2.03. The van der Waals surface area contributed by atoms with Crippen molar-refractivity contribution in [3.05, 3.63) is 71.3 Å². The number of methoxy groups -OCH3 is 3. The number of hydrogen-bond acceptors (Lipinski definition) is 9. The lowest BCUT2D eigenvalue weighted by atomic mass is 10.2. The summed E-state index contributed by atoms with van der Waals surface area (Å²) in [6.07, 6.45) is 0. The monoisotopic (exact) mass is 489 g/mol. The Hall–Kier alpha value is -4.53. The Kier molecular flexibility index (Phi) is 7.39. The van der Waals surface area contributed by atoms with Crippen molar-refractivity contribution in [2.24, 2.45) is 0 Å². The Labute approximate surface area is 209 Å². The molecule has 0 saturated heterocycles. The third-order valence-corrected chi connectivity index (χ3v) is 5.13. The van der Waals surface area contributed by atoms with Gasteiger partial charge in [0.1, 0.15) is 0 Å². The van der Waals surface area contributed by atoms with Gasteiger partial charge in [0.15, 0.2) is 34.5 Å². The van der Waals surface area contributed by atoms with Crippen LogP contribution in [0.15, 0.2) is 54.6 Å². The Morgan fingerprint density at radius 3 is 0.944 bits per heavy atom. The fourth-order valence-corrected chi connectivity index (χ4v) is 3.33. The van der Waals surface area contributed by atoms with E-state index in [0.29, 0.717) is 34.5 Å². The number of aromatic nitrogens is 3. The predicted molar refractivity (Wildman–Crippen MR) is 133 cm³/mol. The third-order valence-electron chi connectivity index (χ3n) is 5.13. The first-order valence-corrected chi connectivity index (χ1v) is 11.1.